The number of ketones is 1. The topological polar surface area (TPSA) is 29.1 Å². The van der Waals surface area contributed by atoms with E-state index in [4.69, 9.17) is 0 Å². The van der Waals surface area contributed by atoms with Crippen LogP contribution in [0.25, 0.3) is 0 Å². The number of nitrogens with one attached hydrogen (secondary N) is 1. The molecule has 1 unspecified atom stereocenters. The Morgan fingerprint density at radius 1 is 1.33 bits per heavy atom. The molecule has 0 radical (unpaired) electrons. The molecule has 0 spiro atoms. The fourth-order valence-electron chi connectivity index (χ4n) is 2.71. The summed E-state index contributed by atoms with van der Waals surface area (Å²) in [5, 5.41) is 3.44. The molecule has 0 aliphatic carbocycles. The fraction of sp³-hybridized carbons (Fsp3) is 0.438. The van der Waals surface area contributed by atoms with Crippen molar-refractivity contribution < 1.29 is 4.79 Å². The summed E-state index contributed by atoms with van der Waals surface area (Å²) < 4.78 is 0. The molecule has 2 rings (SSSR count). The summed E-state index contributed by atoms with van der Waals surface area (Å²) in [5.41, 5.74) is 1.36. The van der Waals surface area contributed by atoms with E-state index in [0.29, 0.717) is 6.42 Å². The average Bonchev–Trinajstić information content (AvgIpc) is 2.65. The van der Waals surface area contributed by atoms with Gasteiger partial charge in [0, 0.05) is 11.3 Å². The molecule has 1 aromatic carbocycles. The van der Waals surface area contributed by atoms with Gasteiger partial charge in [0.25, 0.3) is 0 Å². The van der Waals surface area contributed by atoms with Crippen LogP contribution in [0.2, 0.25) is 0 Å². The zero-order chi connectivity index (χ0) is 13.0. The summed E-state index contributed by atoms with van der Waals surface area (Å²) in [6.45, 7) is 5.98. The van der Waals surface area contributed by atoms with Crippen molar-refractivity contribution in [1.82, 2.24) is 0 Å². The van der Waals surface area contributed by atoms with Crippen LogP contribution in [0.4, 0.5) is 5.69 Å². The first-order valence-corrected chi connectivity index (χ1v) is 6.76. The Labute approximate surface area is 109 Å². The summed E-state index contributed by atoms with van der Waals surface area (Å²) in [6.07, 6.45) is 6.86. The number of hydrogen-bond donors (Lipinski definition) is 1. The lowest BCUT2D eigenvalue weighted by Gasteiger charge is -2.27. The zero-order valence-electron chi connectivity index (χ0n) is 11.0. The second-order valence-electron chi connectivity index (χ2n) is 5.03. The number of benzene rings is 1. The highest BCUT2D eigenvalue weighted by atomic mass is 16.1. The van der Waals surface area contributed by atoms with Gasteiger partial charge in [0.15, 0.2) is 5.78 Å². The van der Waals surface area contributed by atoms with Crippen molar-refractivity contribution in [2.24, 2.45) is 0 Å². The van der Waals surface area contributed by atoms with E-state index in [1.54, 1.807) is 0 Å². The molecule has 1 aromatic rings. The summed E-state index contributed by atoms with van der Waals surface area (Å²) in [7, 11) is 0. The highest BCUT2D eigenvalue weighted by molar-refractivity contribution is 6.13. The Morgan fingerprint density at radius 2 is 2.11 bits per heavy atom. The van der Waals surface area contributed by atoms with Gasteiger partial charge in [0.1, 0.15) is 5.54 Å². The lowest BCUT2D eigenvalue weighted by atomic mass is 9.85. The molecule has 1 N–H and O–H groups in total. The molecular formula is C16H21NO. The van der Waals surface area contributed by atoms with Crippen molar-refractivity contribution in [2.75, 3.05) is 5.32 Å². The number of hydrogen-bond acceptors (Lipinski definition) is 2. The summed E-state index contributed by atoms with van der Waals surface area (Å²) in [6, 6.07) is 7.79. The van der Waals surface area contributed by atoms with Gasteiger partial charge in [-0.2, -0.15) is 0 Å². The van der Waals surface area contributed by atoms with E-state index in [1.807, 2.05) is 30.3 Å². The van der Waals surface area contributed by atoms with Crippen LogP contribution >= 0.6 is 0 Å². The van der Waals surface area contributed by atoms with Gasteiger partial charge in [-0.3, -0.25) is 4.79 Å². The standard InChI is InChI=1S/C16H21NO/c1-3-5-8-12-16(11-4-2)15(18)13-9-6-7-10-14(13)17-16/h4,6-7,9-10,17H,2-3,5,8,11-12H2,1H3. The number of fused-ring (bicyclic) bond motifs is 1. The van der Waals surface area contributed by atoms with E-state index in [2.05, 4.69) is 18.8 Å². The third kappa shape index (κ3) is 2.20. The van der Waals surface area contributed by atoms with Crippen LogP contribution in [0.15, 0.2) is 36.9 Å². The zero-order valence-corrected chi connectivity index (χ0v) is 11.0. The molecule has 0 saturated heterocycles. The Kier molecular flexibility index (Phi) is 3.85. The quantitative estimate of drug-likeness (QED) is 0.599. The van der Waals surface area contributed by atoms with Gasteiger partial charge in [-0.25, -0.2) is 0 Å². The maximum atomic E-state index is 12.6. The van der Waals surface area contributed by atoms with E-state index >= 15 is 0 Å². The maximum absolute atomic E-state index is 12.6. The van der Waals surface area contributed by atoms with Gasteiger partial charge < -0.3 is 5.32 Å². The fourth-order valence-corrected chi connectivity index (χ4v) is 2.71. The summed E-state index contributed by atoms with van der Waals surface area (Å²) in [4.78, 5) is 12.6. The van der Waals surface area contributed by atoms with Crippen LogP contribution in [-0.4, -0.2) is 11.3 Å². The van der Waals surface area contributed by atoms with Crippen molar-refractivity contribution in [3.05, 3.63) is 42.5 Å². The van der Waals surface area contributed by atoms with Gasteiger partial charge in [-0.05, 0) is 25.0 Å². The SMILES string of the molecule is C=CCC1(CCCCC)Nc2ccccc2C1=O. The molecule has 1 aliphatic heterocycles. The minimum atomic E-state index is -0.444. The van der Waals surface area contributed by atoms with E-state index in [-0.39, 0.29) is 5.78 Å². The lowest BCUT2D eigenvalue weighted by Crippen LogP contribution is -2.41. The van der Waals surface area contributed by atoms with Crippen molar-refractivity contribution in [3.63, 3.8) is 0 Å². The van der Waals surface area contributed by atoms with Crippen LogP contribution in [0, 0.1) is 0 Å². The van der Waals surface area contributed by atoms with Crippen molar-refractivity contribution in [3.8, 4) is 0 Å². The number of rotatable bonds is 6. The van der Waals surface area contributed by atoms with Gasteiger partial charge in [0.2, 0.25) is 0 Å². The predicted octanol–water partition coefficient (Wildman–Crippen LogP) is 4.19. The molecule has 0 amide bonds. The highest BCUT2D eigenvalue weighted by Crippen LogP contribution is 2.37. The van der Waals surface area contributed by atoms with Gasteiger partial charge in [-0.15, -0.1) is 6.58 Å². The Morgan fingerprint density at radius 3 is 2.78 bits per heavy atom. The molecule has 2 heteroatoms. The van der Waals surface area contributed by atoms with Gasteiger partial charge in [-0.1, -0.05) is 44.4 Å². The number of anilines is 1. The monoisotopic (exact) mass is 243 g/mol. The molecule has 1 atom stereocenters. The molecule has 0 saturated carbocycles. The third-order valence-electron chi connectivity index (χ3n) is 3.68. The molecule has 0 bridgehead atoms. The Bertz CT molecular complexity index is 452. The normalized spacial score (nSPS) is 21.5. The molecule has 1 aliphatic rings. The van der Waals surface area contributed by atoms with Gasteiger partial charge in [0.05, 0.1) is 0 Å². The number of carbonyl (C=O) groups excluding carboxylic acids is 1. The van der Waals surface area contributed by atoms with Crippen LogP contribution in [0.5, 0.6) is 0 Å². The Hall–Kier alpha value is -1.57. The second kappa shape index (κ2) is 5.38. The smallest absolute Gasteiger partial charge is 0.190 e. The van der Waals surface area contributed by atoms with Crippen molar-refractivity contribution >= 4 is 11.5 Å². The summed E-state index contributed by atoms with van der Waals surface area (Å²) in [5.74, 6) is 0.231. The number of Topliss-reactive ketones (excluding diaryl/α,β-unsaturated/α-hetero) is 1. The van der Waals surface area contributed by atoms with Crippen LogP contribution in [0.3, 0.4) is 0 Å². The van der Waals surface area contributed by atoms with E-state index < -0.39 is 5.54 Å². The number of carbonyl (C=O) groups is 1. The van der Waals surface area contributed by atoms with E-state index in [1.165, 1.54) is 12.8 Å². The number of para-hydroxylation sites is 1. The first kappa shape index (κ1) is 12.9. The first-order valence-electron chi connectivity index (χ1n) is 6.76. The predicted molar refractivity (Wildman–Crippen MR) is 76.1 cm³/mol. The number of unbranched alkanes of at least 4 members (excludes halogenated alkanes) is 2. The molecule has 2 nitrogen and oxygen atoms in total. The maximum Gasteiger partial charge on any atom is 0.190 e. The molecule has 0 fully saturated rings. The minimum Gasteiger partial charge on any atom is -0.372 e. The Balaban J connectivity index is 2.23. The van der Waals surface area contributed by atoms with Crippen LogP contribution < -0.4 is 5.32 Å². The summed E-state index contributed by atoms with van der Waals surface area (Å²) >= 11 is 0. The van der Waals surface area contributed by atoms with Crippen LogP contribution in [0.1, 0.15) is 49.4 Å². The average molecular weight is 243 g/mol. The molecule has 1 heterocycles. The van der Waals surface area contributed by atoms with Crippen LogP contribution in [-0.2, 0) is 0 Å². The molecule has 0 aromatic heterocycles. The van der Waals surface area contributed by atoms with E-state index in [0.717, 1.165) is 24.1 Å². The van der Waals surface area contributed by atoms with Gasteiger partial charge >= 0.3 is 0 Å². The highest BCUT2D eigenvalue weighted by Gasteiger charge is 2.43. The molecule has 18 heavy (non-hydrogen) atoms. The molecular weight excluding hydrogens is 222 g/mol. The largest absolute Gasteiger partial charge is 0.372 e. The lowest BCUT2D eigenvalue weighted by molar-refractivity contribution is 0.0911. The molecule has 96 valence electrons. The van der Waals surface area contributed by atoms with Crippen molar-refractivity contribution in [1.29, 1.82) is 0 Å². The minimum absolute atomic E-state index is 0.231. The third-order valence-corrected chi connectivity index (χ3v) is 3.68. The van der Waals surface area contributed by atoms with Crippen molar-refractivity contribution in [2.45, 2.75) is 44.6 Å². The second-order valence-corrected chi connectivity index (χ2v) is 5.03. The first-order chi connectivity index (χ1) is 8.73. The van der Waals surface area contributed by atoms with E-state index in [9.17, 15) is 4.79 Å².